The van der Waals surface area contributed by atoms with E-state index in [1.807, 2.05) is 24.3 Å². The van der Waals surface area contributed by atoms with Crippen LogP contribution in [0.25, 0.3) is 10.9 Å². The van der Waals surface area contributed by atoms with Gasteiger partial charge in [0, 0.05) is 12.1 Å². The molecule has 2 aliphatic heterocycles. The van der Waals surface area contributed by atoms with Crippen LogP contribution in [-0.4, -0.2) is 39.0 Å². The highest BCUT2D eigenvalue weighted by Gasteiger charge is 2.39. The molecule has 2 aliphatic rings. The molecule has 1 aromatic heterocycles. The van der Waals surface area contributed by atoms with Crippen molar-refractivity contribution in [1.29, 1.82) is 0 Å². The average Bonchev–Trinajstić information content (AvgIpc) is 2.70. The summed E-state index contributed by atoms with van der Waals surface area (Å²) in [5.74, 6) is 0. The number of hydrogen-bond acceptors (Lipinski definition) is 4. The summed E-state index contributed by atoms with van der Waals surface area (Å²) in [5, 5.41) is 9.07. The van der Waals surface area contributed by atoms with Gasteiger partial charge in [-0.15, -0.1) is 5.10 Å². The summed E-state index contributed by atoms with van der Waals surface area (Å²) >= 11 is 0. The first kappa shape index (κ1) is 12.0. The lowest BCUT2D eigenvalue weighted by atomic mass is 9.98. The minimum Gasteiger partial charge on any atom is -0.300 e. The standard InChI is InChI=1S/C15H18N4O/c1-18-10-6-7-11(18)9-12(8-10)19-15(20)13-4-2-3-5-14(13)16-17-19/h2-5,10-12H,6-9H2,1H3. The minimum atomic E-state index is 0.00422. The summed E-state index contributed by atoms with van der Waals surface area (Å²) in [6.07, 6.45) is 4.51. The zero-order chi connectivity index (χ0) is 13.7. The van der Waals surface area contributed by atoms with Gasteiger partial charge < -0.3 is 4.90 Å². The van der Waals surface area contributed by atoms with Gasteiger partial charge in [-0.05, 0) is 44.9 Å². The Balaban J connectivity index is 1.76. The van der Waals surface area contributed by atoms with Crippen LogP contribution in [0.1, 0.15) is 31.7 Å². The lowest BCUT2D eigenvalue weighted by molar-refractivity contribution is 0.128. The molecule has 20 heavy (non-hydrogen) atoms. The molecule has 0 aliphatic carbocycles. The van der Waals surface area contributed by atoms with Gasteiger partial charge in [-0.2, -0.15) is 0 Å². The molecule has 0 radical (unpaired) electrons. The maximum absolute atomic E-state index is 12.6. The molecule has 2 bridgehead atoms. The van der Waals surface area contributed by atoms with Crippen LogP contribution in [0.4, 0.5) is 0 Å². The van der Waals surface area contributed by atoms with E-state index in [1.54, 1.807) is 4.68 Å². The maximum atomic E-state index is 12.6. The quantitative estimate of drug-likeness (QED) is 0.789. The molecule has 2 saturated heterocycles. The van der Waals surface area contributed by atoms with Crippen LogP contribution >= 0.6 is 0 Å². The molecule has 0 amide bonds. The number of fused-ring (bicyclic) bond motifs is 3. The van der Waals surface area contributed by atoms with E-state index in [4.69, 9.17) is 0 Å². The molecule has 104 valence electrons. The van der Waals surface area contributed by atoms with Crippen LogP contribution < -0.4 is 5.56 Å². The molecular formula is C15H18N4O. The molecule has 0 saturated carbocycles. The largest absolute Gasteiger partial charge is 0.300 e. The second kappa shape index (κ2) is 4.38. The molecule has 4 rings (SSSR count). The van der Waals surface area contributed by atoms with Gasteiger partial charge in [0.25, 0.3) is 5.56 Å². The molecular weight excluding hydrogens is 252 g/mol. The smallest absolute Gasteiger partial charge is 0.277 e. The number of rotatable bonds is 1. The Labute approximate surface area is 117 Å². The second-order valence-electron chi connectivity index (χ2n) is 6.03. The first-order valence-electron chi connectivity index (χ1n) is 7.30. The Kier molecular flexibility index (Phi) is 2.63. The highest BCUT2D eigenvalue weighted by atomic mass is 16.1. The van der Waals surface area contributed by atoms with Crippen LogP contribution in [0.2, 0.25) is 0 Å². The van der Waals surface area contributed by atoms with Crippen molar-refractivity contribution in [2.45, 2.75) is 43.8 Å². The van der Waals surface area contributed by atoms with E-state index in [2.05, 4.69) is 22.3 Å². The molecule has 0 spiro atoms. The monoisotopic (exact) mass is 270 g/mol. The molecule has 5 heteroatoms. The first-order chi connectivity index (χ1) is 9.74. The van der Waals surface area contributed by atoms with Crippen LogP contribution in [0.5, 0.6) is 0 Å². The van der Waals surface area contributed by atoms with Crippen molar-refractivity contribution in [3.05, 3.63) is 34.6 Å². The van der Waals surface area contributed by atoms with E-state index in [0.29, 0.717) is 23.0 Å². The zero-order valence-electron chi connectivity index (χ0n) is 11.6. The van der Waals surface area contributed by atoms with Crippen molar-refractivity contribution >= 4 is 10.9 Å². The third kappa shape index (κ3) is 1.69. The van der Waals surface area contributed by atoms with E-state index >= 15 is 0 Å². The van der Waals surface area contributed by atoms with Crippen LogP contribution in [0.3, 0.4) is 0 Å². The van der Waals surface area contributed by atoms with Crippen LogP contribution in [0, 0.1) is 0 Å². The molecule has 2 unspecified atom stereocenters. The maximum Gasteiger partial charge on any atom is 0.277 e. The topological polar surface area (TPSA) is 51.0 Å². The SMILES string of the molecule is CN1C2CCC1CC(n1nnc3ccccc3c1=O)C2. The number of hydrogen-bond donors (Lipinski definition) is 0. The number of piperidine rings is 1. The summed E-state index contributed by atoms with van der Waals surface area (Å²) < 4.78 is 1.63. The predicted octanol–water partition coefficient (Wildman–Crippen LogP) is 1.59. The van der Waals surface area contributed by atoms with E-state index in [0.717, 1.165) is 12.8 Å². The molecule has 1 aromatic carbocycles. The van der Waals surface area contributed by atoms with Gasteiger partial charge in [0.05, 0.1) is 11.4 Å². The number of nitrogens with zero attached hydrogens (tertiary/aromatic N) is 4. The third-order valence-electron chi connectivity index (χ3n) is 5.01. The Bertz CT molecular complexity index is 696. The van der Waals surface area contributed by atoms with E-state index < -0.39 is 0 Å². The molecule has 0 N–H and O–H groups in total. The van der Waals surface area contributed by atoms with E-state index in [1.165, 1.54) is 12.8 Å². The molecule has 2 fully saturated rings. The summed E-state index contributed by atoms with van der Waals surface area (Å²) in [6, 6.07) is 8.84. The van der Waals surface area contributed by atoms with Gasteiger partial charge in [0.15, 0.2) is 0 Å². The Morgan fingerprint density at radius 1 is 1.10 bits per heavy atom. The van der Waals surface area contributed by atoms with Crippen molar-refractivity contribution in [3.8, 4) is 0 Å². The first-order valence-corrected chi connectivity index (χ1v) is 7.30. The third-order valence-corrected chi connectivity index (χ3v) is 5.01. The van der Waals surface area contributed by atoms with Crippen molar-refractivity contribution in [2.24, 2.45) is 0 Å². The van der Waals surface area contributed by atoms with Crippen molar-refractivity contribution < 1.29 is 0 Å². The summed E-state index contributed by atoms with van der Waals surface area (Å²) in [4.78, 5) is 15.1. The molecule has 3 heterocycles. The van der Waals surface area contributed by atoms with Crippen molar-refractivity contribution in [3.63, 3.8) is 0 Å². The fraction of sp³-hybridized carbons (Fsp3) is 0.533. The number of benzene rings is 1. The average molecular weight is 270 g/mol. The van der Waals surface area contributed by atoms with Gasteiger partial charge in [-0.3, -0.25) is 4.79 Å². The van der Waals surface area contributed by atoms with E-state index in [9.17, 15) is 4.79 Å². The highest BCUT2D eigenvalue weighted by molar-refractivity contribution is 5.76. The van der Waals surface area contributed by atoms with Gasteiger partial charge in [-0.25, -0.2) is 4.68 Å². The van der Waals surface area contributed by atoms with Gasteiger partial charge in [0.2, 0.25) is 0 Å². The Hall–Kier alpha value is -1.75. The minimum absolute atomic E-state index is 0.00422. The highest BCUT2D eigenvalue weighted by Crippen LogP contribution is 2.38. The normalized spacial score (nSPS) is 29.9. The van der Waals surface area contributed by atoms with Gasteiger partial charge >= 0.3 is 0 Å². The van der Waals surface area contributed by atoms with Crippen LogP contribution in [-0.2, 0) is 0 Å². The fourth-order valence-corrected chi connectivity index (χ4v) is 3.82. The Morgan fingerprint density at radius 3 is 2.55 bits per heavy atom. The summed E-state index contributed by atoms with van der Waals surface area (Å²) in [6.45, 7) is 0. The van der Waals surface area contributed by atoms with Gasteiger partial charge in [-0.1, -0.05) is 17.3 Å². The summed E-state index contributed by atoms with van der Waals surface area (Å²) in [5.41, 5.74) is 0.689. The summed E-state index contributed by atoms with van der Waals surface area (Å²) in [7, 11) is 2.20. The lowest BCUT2D eigenvalue weighted by Crippen LogP contribution is -2.43. The second-order valence-corrected chi connectivity index (χ2v) is 6.03. The van der Waals surface area contributed by atoms with Crippen molar-refractivity contribution in [2.75, 3.05) is 7.05 Å². The number of aromatic nitrogens is 3. The van der Waals surface area contributed by atoms with E-state index in [-0.39, 0.29) is 11.6 Å². The van der Waals surface area contributed by atoms with Crippen molar-refractivity contribution in [1.82, 2.24) is 19.9 Å². The molecule has 2 atom stereocenters. The lowest BCUT2D eigenvalue weighted by Gasteiger charge is -2.36. The fourth-order valence-electron chi connectivity index (χ4n) is 3.82. The predicted molar refractivity (Wildman–Crippen MR) is 76.6 cm³/mol. The molecule has 5 nitrogen and oxygen atoms in total. The van der Waals surface area contributed by atoms with Gasteiger partial charge in [0.1, 0.15) is 5.52 Å². The Morgan fingerprint density at radius 2 is 1.80 bits per heavy atom. The van der Waals surface area contributed by atoms with Crippen LogP contribution in [0.15, 0.2) is 29.1 Å². The zero-order valence-corrected chi connectivity index (χ0v) is 11.6. The molecule has 2 aromatic rings.